The molecule has 33 heavy (non-hydrogen) atoms. The zero-order valence-corrected chi connectivity index (χ0v) is 18.6. The Balaban J connectivity index is 1.63. The van der Waals surface area contributed by atoms with E-state index >= 15 is 0 Å². The second-order valence-corrected chi connectivity index (χ2v) is 7.92. The van der Waals surface area contributed by atoms with E-state index in [4.69, 9.17) is 21.1 Å². The first-order valence-electron chi connectivity index (χ1n) is 10.1. The number of aliphatic hydroxyl groups excluding tert-OH is 1. The van der Waals surface area contributed by atoms with Crippen molar-refractivity contribution in [2.45, 2.75) is 31.3 Å². The van der Waals surface area contributed by atoms with Crippen molar-refractivity contribution in [1.82, 2.24) is 14.5 Å². The number of nitrogens with one attached hydrogen (secondary N) is 1. The highest BCUT2D eigenvalue weighted by Crippen LogP contribution is 2.34. The first-order chi connectivity index (χ1) is 15.8. The molecule has 1 aliphatic heterocycles. The van der Waals surface area contributed by atoms with Gasteiger partial charge in [-0.05, 0) is 24.3 Å². The topological polar surface area (TPSA) is 139 Å². The maximum atomic E-state index is 13.3. The molecule has 4 rings (SSSR count). The van der Waals surface area contributed by atoms with Crippen LogP contribution in [0, 0.1) is 0 Å². The van der Waals surface area contributed by atoms with Gasteiger partial charge in [-0.2, -0.15) is 0 Å². The Kier molecular flexibility index (Phi) is 6.36. The number of anilines is 2. The lowest BCUT2D eigenvalue weighted by molar-refractivity contribution is -0.195. The Morgan fingerprint density at radius 2 is 2.09 bits per heavy atom. The molecule has 0 saturated carbocycles. The Labute approximate surface area is 193 Å². The molecule has 1 aliphatic rings. The van der Waals surface area contributed by atoms with Crippen molar-refractivity contribution < 1.29 is 29.3 Å². The predicted octanol–water partition coefficient (Wildman–Crippen LogP) is 2.56. The molecule has 11 nitrogen and oxygen atoms in total. The number of aliphatic carboxylic acids is 1. The third-order valence-electron chi connectivity index (χ3n) is 5.29. The molecule has 0 unspecified atom stereocenters. The predicted molar refractivity (Wildman–Crippen MR) is 120 cm³/mol. The number of ether oxygens (including phenoxy) is 2. The lowest BCUT2D eigenvalue weighted by Crippen LogP contribution is -2.42. The standard InChI is InChI=1S/C21H22ClN5O6/c1-23-18-13-5-6-27(19(13)25-10-24-18)21(31)26(2)14-7-11(22)3-4-15(14)32-17-9-12(28)8-16(33-17)20(29)30/h3-7,10,12,16-17,28H,8-9H2,1-2H3,(H,29,30)(H,23,24,25)/t12-,16-,17+/m0/s1. The summed E-state index contributed by atoms with van der Waals surface area (Å²) in [4.78, 5) is 34.3. The Hall–Kier alpha value is -3.41. The van der Waals surface area contributed by atoms with Crippen LogP contribution < -0.4 is 15.0 Å². The quantitative estimate of drug-likeness (QED) is 0.507. The van der Waals surface area contributed by atoms with Crippen LogP contribution in [0.1, 0.15) is 12.8 Å². The maximum Gasteiger partial charge on any atom is 0.334 e. The first kappa shape index (κ1) is 22.8. The van der Waals surface area contributed by atoms with E-state index < -0.39 is 30.5 Å². The molecule has 1 amide bonds. The smallest absolute Gasteiger partial charge is 0.334 e. The summed E-state index contributed by atoms with van der Waals surface area (Å²) < 4.78 is 12.7. The molecular weight excluding hydrogens is 454 g/mol. The fraction of sp³-hybridized carbons (Fsp3) is 0.333. The van der Waals surface area contributed by atoms with Crippen LogP contribution in [-0.2, 0) is 9.53 Å². The summed E-state index contributed by atoms with van der Waals surface area (Å²) >= 11 is 6.18. The number of benzene rings is 1. The van der Waals surface area contributed by atoms with Crippen LogP contribution in [0.2, 0.25) is 5.02 Å². The normalized spacial score (nSPS) is 20.4. The minimum Gasteiger partial charge on any atom is -0.479 e. The minimum atomic E-state index is -1.19. The summed E-state index contributed by atoms with van der Waals surface area (Å²) in [6.07, 6.45) is -0.114. The van der Waals surface area contributed by atoms with Crippen LogP contribution >= 0.6 is 11.6 Å². The van der Waals surface area contributed by atoms with E-state index in [-0.39, 0.29) is 18.6 Å². The molecule has 2 aromatic heterocycles. The van der Waals surface area contributed by atoms with E-state index in [2.05, 4.69) is 15.3 Å². The summed E-state index contributed by atoms with van der Waals surface area (Å²) in [6, 6.07) is 5.96. The summed E-state index contributed by atoms with van der Waals surface area (Å²) in [6.45, 7) is 0. The highest BCUT2D eigenvalue weighted by atomic mass is 35.5. The van der Waals surface area contributed by atoms with E-state index in [0.717, 1.165) is 0 Å². The van der Waals surface area contributed by atoms with Gasteiger partial charge in [-0.25, -0.2) is 19.6 Å². The second kappa shape index (κ2) is 9.22. The van der Waals surface area contributed by atoms with Crippen molar-refractivity contribution in [3.8, 4) is 5.75 Å². The molecule has 1 aromatic carbocycles. The van der Waals surface area contributed by atoms with Crippen LogP contribution in [0.5, 0.6) is 5.75 Å². The van der Waals surface area contributed by atoms with Gasteiger partial charge in [-0.1, -0.05) is 11.6 Å². The zero-order chi connectivity index (χ0) is 23.7. The molecule has 1 fully saturated rings. The second-order valence-electron chi connectivity index (χ2n) is 7.48. The average molecular weight is 476 g/mol. The van der Waals surface area contributed by atoms with Crippen LogP contribution in [0.15, 0.2) is 36.8 Å². The van der Waals surface area contributed by atoms with Gasteiger partial charge in [0, 0.05) is 38.2 Å². The number of carboxylic acid groups (broad SMARTS) is 1. The molecule has 3 heterocycles. The number of fused-ring (bicyclic) bond motifs is 1. The van der Waals surface area contributed by atoms with E-state index in [9.17, 15) is 19.8 Å². The monoisotopic (exact) mass is 475 g/mol. The van der Waals surface area contributed by atoms with Crippen LogP contribution in [-0.4, -0.2) is 69.3 Å². The number of carbonyl (C=O) groups excluding carboxylic acids is 1. The van der Waals surface area contributed by atoms with Gasteiger partial charge in [-0.3, -0.25) is 9.47 Å². The minimum absolute atomic E-state index is 0.0295. The number of nitrogens with zero attached hydrogens (tertiary/aromatic N) is 4. The summed E-state index contributed by atoms with van der Waals surface area (Å²) in [7, 11) is 3.27. The maximum absolute atomic E-state index is 13.3. The number of hydrogen-bond acceptors (Lipinski definition) is 8. The number of carboxylic acids is 1. The summed E-state index contributed by atoms with van der Waals surface area (Å²) in [5, 5.41) is 23.3. The average Bonchev–Trinajstić information content (AvgIpc) is 3.23. The highest BCUT2D eigenvalue weighted by Gasteiger charge is 2.34. The molecule has 3 N–H and O–H groups in total. The Morgan fingerprint density at radius 3 is 2.82 bits per heavy atom. The van der Waals surface area contributed by atoms with Crippen molar-refractivity contribution in [2.75, 3.05) is 24.3 Å². The summed E-state index contributed by atoms with van der Waals surface area (Å²) in [5.41, 5.74) is 0.742. The largest absolute Gasteiger partial charge is 0.479 e. The van der Waals surface area contributed by atoms with Crippen LogP contribution in [0.25, 0.3) is 11.0 Å². The van der Waals surface area contributed by atoms with Crippen molar-refractivity contribution in [2.24, 2.45) is 0 Å². The van der Waals surface area contributed by atoms with Crippen LogP contribution in [0.4, 0.5) is 16.3 Å². The van der Waals surface area contributed by atoms with Gasteiger partial charge in [0.2, 0.25) is 6.29 Å². The van der Waals surface area contributed by atoms with E-state index in [1.54, 1.807) is 44.6 Å². The molecule has 0 radical (unpaired) electrons. The molecule has 3 aromatic rings. The number of aliphatic hydroxyl groups is 1. The Morgan fingerprint density at radius 1 is 1.30 bits per heavy atom. The highest BCUT2D eigenvalue weighted by molar-refractivity contribution is 6.31. The fourth-order valence-corrected chi connectivity index (χ4v) is 3.82. The Bertz CT molecular complexity index is 1200. The van der Waals surface area contributed by atoms with Crippen LogP contribution in [0.3, 0.4) is 0 Å². The lowest BCUT2D eigenvalue weighted by Gasteiger charge is -2.32. The van der Waals surface area contributed by atoms with E-state index in [1.807, 2.05) is 0 Å². The first-order valence-corrected chi connectivity index (χ1v) is 10.5. The molecule has 0 aliphatic carbocycles. The van der Waals surface area contributed by atoms with Crippen molar-refractivity contribution in [3.05, 3.63) is 41.8 Å². The van der Waals surface area contributed by atoms with Gasteiger partial charge in [0.15, 0.2) is 11.8 Å². The molecule has 12 heteroatoms. The van der Waals surface area contributed by atoms with E-state index in [1.165, 1.54) is 15.8 Å². The third-order valence-corrected chi connectivity index (χ3v) is 5.53. The number of amides is 1. The van der Waals surface area contributed by atoms with Gasteiger partial charge >= 0.3 is 12.0 Å². The molecular formula is C21H22ClN5O6. The van der Waals surface area contributed by atoms with Gasteiger partial charge in [0.25, 0.3) is 0 Å². The van der Waals surface area contributed by atoms with Gasteiger partial charge in [-0.15, -0.1) is 0 Å². The van der Waals surface area contributed by atoms with Gasteiger partial charge < -0.3 is 25.0 Å². The van der Waals surface area contributed by atoms with Gasteiger partial charge in [0.1, 0.15) is 17.9 Å². The molecule has 1 saturated heterocycles. The van der Waals surface area contributed by atoms with Gasteiger partial charge in [0.05, 0.1) is 17.2 Å². The number of carbonyl (C=O) groups is 2. The van der Waals surface area contributed by atoms with E-state index in [0.29, 0.717) is 27.6 Å². The van der Waals surface area contributed by atoms with Crippen molar-refractivity contribution >= 4 is 46.1 Å². The number of hydrogen-bond donors (Lipinski definition) is 3. The summed E-state index contributed by atoms with van der Waals surface area (Å²) in [5.74, 6) is -0.365. The molecule has 0 spiro atoms. The molecule has 0 bridgehead atoms. The molecule has 174 valence electrons. The lowest BCUT2D eigenvalue weighted by atomic mass is 10.1. The fourth-order valence-electron chi connectivity index (χ4n) is 3.66. The SMILES string of the molecule is CNc1ncnc2c1ccn2C(=O)N(C)c1cc(Cl)ccc1O[C@H]1C[C@@H](O)C[C@@H](C(=O)O)O1. The molecule has 3 atom stereocenters. The third kappa shape index (κ3) is 4.56. The number of aromatic nitrogens is 3. The van der Waals surface area contributed by atoms with Crippen molar-refractivity contribution in [3.63, 3.8) is 0 Å². The number of rotatable bonds is 5. The number of halogens is 1. The van der Waals surface area contributed by atoms with Crippen molar-refractivity contribution in [1.29, 1.82) is 0 Å². The zero-order valence-electron chi connectivity index (χ0n) is 17.8.